The Bertz CT molecular complexity index is 1690. The maximum Gasteiger partial charge on any atom is 0.419 e. The lowest BCUT2D eigenvalue weighted by atomic mass is 9.88. The molecule has 1 saturated heterocycles. The standard InChI is InChI=1S/C38H46F7N3O5/c1-22(2)17-30(47(6)31(49)20-27(37(40,41)42)23(3)13-16-48-14-8-7-9-15-48)35(52)46-36(53,21-32(50)51)28-18-26(19-29(34(28)39)38(43,44)45)33-24(4)11-10-12-25(33)5/h10-12,18-20,22,30,53H,3,7-9,13-17,21H2,1-2,4-6H3,(H,46,52)(H,50,51)/b27-20+/t30?,36-/m0/s1. The number of aliphatic carboxylic acids is 1. The first kappa shape index (κ1) is 43.2. The lowest BCUT2D eigenvalue weighted by Gasteiger charge is -2.34. The third-order valence-electron chi connectivity index (χ3n) is 9.28. The number of hydrogen-bond acceptors (Lipinski definition) is 5. The number of carboxylic acids is 1. The molecule has 0 radical (unpaired) electrons. The van der Waals surface area contributed by atoms with Gasteiger partial charge < -0.3 is 25.3 Å². The molecule has 0 saturated carbocycles. The van der Waals surface area contributed by atoms with Crippen LogP contribution in [0.4, 0.5) is 30.7 Å². The molecule has 3 N–H and O–H groups in total. The molecule has 1 aliphatic rings. The van der Waals surface area contributed by atoms with Crippen molar-refractivity contribution in [3.05, 3.63) is 82.2 Å². The Balaban J connectivity index is 2.08. The van der Waals surface area contributed by atoms with Gasteiger partial charge in [0, 0.05) is 25.2 Å². The highest BCUT2D eigenvalue weighted by atomic mass is 19.4. The number of likely N-dealkylation sites (N-methyl/N-ethyl adjacent to an activating group) is 1. The summed E-state index contributed by atoms with van der Waals surface area (Å²) in [6.07, 6.45) is -9.05. The quantitative estimate of drug-likeness (QED) is 0.0791. The number of nitrogens with zero attached hydrogens (tertiary/aromatic N) is 2. The lowest BCUT2D eigenvalue weighted by Crippen LogP contribution is -2.55. The van der Waals surface area contributed by atoms with Crippen molar-refractivity contribution in [3.8, 4) is 11.1 Å². The van der Waals surface area contributed by atoms with E-state index in [-0.39, 0.29) is 36.1 Å². The van der Waals surface area contributed by atoms with Crippen LogP contribution in [0, 0.1) is 25.6 Å². The minimum atomic E-state index is -5.33. The van der Waals surface area contributed by atoms with Gasteiger partial charge in [-0.2, -0.15) is 26.3 Å². The Morgan fingerprint density at radius 3 is 2.08 bits per heavy atom. The average molecular weight is 758 g/mol. The number of aryl methyl sites for hydroxylation is 2. The monoisotopic (exact) mass is 757 g/mol. The number of carboxylic acid groups (broad SMARTS) is 1. The lowest BCUT2D eigenvalue weighted by molar-refractivity contribution is -0.150. The maximum atomic E-state index is 15.9. The number of likely N-dealkylation sites (tertiary alicyclic amines) is 1. The molecule has 15 heteroatoms. The second-order valence-corrected chi connectivity index (χ2v) is 14.0. The summed E-state index contributed by atoms with van der Waals surface area (Å²) in [4.78, 5) is 41.9. The molecule has 0 aromatic heterocycles. The molecule has 2 atom stereocenters. The Morgan fingerprint density at radius 1 is 1.00 bits per heavy atom. The van der Waals surface area contributed by atoms with Gasteiger partial charge in [-0.15, -0.1) is 0 Å². The van der Waals surface area contributed by atoms with Crippen molar-refractivity contribution in [1.29, 1.82) is 0 Å². The number of carbonyl (C=O) groups excluding carboxylic acids is 2. The van der Waals surface area contributed by atoms with E-state index in [0.29, 0.717) is 28.2 Å². The van der Waals surface area contributed by atoms with Crippen molar-refractivity contribution in [2.24, 2.45) is 5.92 Å². The molecule has 0 spiro atoms. The highest BCUT2D eigenvalue weighted by molar-refractivity contribution is 5.94. The van der Waals surface area contributed by atoms with Gasteiger partial charge in [-0.25, -0.2) is 4.39 Å². The zero-order valence-electron chi connectivity index (χ0n) is 30.3. The normalized spacial score (nSPS) is 16.2. The van der Waals surface area contributed by atoms with Crippen molar-refractivity contribution in [1.82, 2.24) is 15.1 Å². The summed E-state index contributed by atoms with van der Waals surface area (Å²) >= 11 is 0. The minimum Gasteiger partial charge on any atom is -0.481 e. The van der Waals surface area contributed by atoms with Crippen molar-refractivity contribution in [2.75, 3.05) is 26.7 Å². The summed E-state index contributed by atoms with van der Waals surface area (Å²) < 4.78 is 101. The fourth-order valence-corrected chi connectivity index (χ4v) is 6.52. The summed E-state index contributed by atoms with van der Waals surface area (Å²) in [6.45, 7) is 11.6. The molecule has 1 fully saturated rings. The predicted octanol–water partition coefficient (Wildman–Crippen LogP) is 7.66. The van der Waals surface area contributed by atoms with E-state index in [9.17, 15) is 50.9 Å². The molecule has 1 heterocycles. The summed E-state index contributed by atoms with van der Waals surface area (Å²) in [5, 5.41) is 23.3. The number of carbonyl (C=O) groups is 3. The van der Waals surface area contributed by atoms with E-state index in [2.05, 4.69) is 6.58 Å². The number of halogens is 7. The van der Waals surface area contributed by atoms with Crippen LogP contribution in [0.15, 0.2) is 54.1 Å². The van der Waals surface area contributed by atoms with Gasteiger partial charge in [0.25, 0.3) is 0 Å². The van der Waals surface area contributed by atoms with Gasteiger partial charge in [-0.3, -0.25) is 14.4 Å². The SMILES string of the molecule is C=C(CCN1CCCCC1)/C(=C\C(=O)N(C)C(CC(C)C)C(=O)N[C@](O)(CC(=O)O)c1cc(-c2c(C)cccc2C)cc(C(F)(F)F)c1F)C(F)(F)F. The molecule has 1 aliphatic heterocycles. The van der Waals surface area contributed by atoms with Crippen molar-refractivity contribution < 1.29 is 55.3 Å². The molecule has 2 aromatic carbocycles. The number of aliphatic hydroxyl groups is 1. The minimum absolute atomic E-state index is 0.0902. The van der Waals surface area contributed by atoms with Crippen LogP contribution in [0.25, 0.3) is 11.1 Å². The number of alkyl halides is 6. The van der Waals surface area contributed by atoms with Crippen LogP contribution in [-0.4, -0.2) is 76.7 Å². The van der Waals surface area contributed by atoms with Crippen molar-refractivity contribution in [2.45, 2.75) is 90.3 Å². The summed E-state index contributed by atoms with van der Waals surface area (Å²) in [6, 6.07) is 4.42. The Kier molecular flexibility index (Phi) is 14.1. The average Bonchev–Trinajstić information content (AvgIpc) is 3.03. The number of nitrogens with one attached hydrogen (secondary N) is 1. The predicted molar refractivity (Wildman–Crippen MR) is 185 cm³/mol. The van der Waals surface area contributed by atoms with E-state index in [1.807, 2.05) is 10.2 Å². The van der Waals surface area contributed by atoms with E-state index in [1.54, 1.807) is 45.9 Å². The fraction of sp³-hybridized carbons (Fsp3) is 0.500. The molecule has 8 nitrogen and oxygen atoms in total. The van der Waals surface area contributed by atoms with Gasteiger partial charge in [0.2, 0.25) is 11.8 Å². The second-order valence-electron chi connectivity index (χ2n) is 14.0. The summed E-state index contributed by atoms with van der Waals surface area (Å²) in [7, 11) is 1.01. The first-order valence-corrected chi connectivity index (χ1v) is 17.2. The van der Waals surface area contributed by atoms with Crippen LogP contribution in [0.2, 0.25) is 0 Å². The number of rotatable bonds is 14. The Morgan fingerprint density at radius 2 is 1.57 bits per heavy atom. The molecule has 0 aliphatic carbocycles. The Hall–Kier alpha value is -4.24. The molecule has 1 unspecified atom stereocenters. The van der Waals surface area contributed by atoms with Crippen molar-refractivity contribution >= 4 is 17.8 Å². The first-order valence-electron chi connectivity index (χ1n) is 17.2. The Labute approximate surface area is 304 Å². The summed E-state index contributed by atoms with van der Waals surface area (Å²) in [5.74, 6) is -6.97. The van der Waals surface area contributed by atoms with E-state index in [0.717, 1.165) is 45.5 Å². The molecular formula is C38H46F7N3O5. The molecule has 2 amide bonds. The van der Waals surface area contributed by atoms with E-state index >= 15 is 4.39 Å². The highest BCUT2D eigenvalue weighted by Gasteiger charge is 2.44. The van der Waals surface area contributed by atoms with Crippen molar-refractivity contribution in [3.63, 3.8) is 0 Å². The zero-order chi connectivity index (χ0) is 40.1. The molecular weight excluding hydrogens is 711 g/mol. The first-order chi connectivity index (χ1) is 24.5. The highest BCUT2D eigenvalue weighted by Crippen LogP contribution is 2.41. The van der Waals surface area contributed by atoms with E-state index in [1.165, 1.54) is 0 Å². The van der Waals surface area contributed by atoms with Gasteiger partial charge in [0.1, 0.15) is 11.9 Å². The number of piperidine rings is 1. The third-order valence-corrected chi connectivity index (χ3v) is 9.28. The second kappa shape index (κ2) is 17.3. The van der Waals surface area contributed by atoms with E-state index in [4.69, 9.17) is 0 Å². The van der Waals surface area contributed by atoms with Gasteiger partial charge in [-0.05, 0) is 98.5 Å². The van der Waals surface area contributed by atoms with Crippen LogP contribution >= 0.6 is 0 Å². The van der Waals surface area contributed by atoms with Crippen LogP contribution in [0.5, 0.6) is 0 Å². The van der Waals surface area contributed by atoms with Gasteiger partial charge in [0.05, 0.1) is 17.6 Å². The number of hydrogen-bond donors (Lipinski definition) is 3. The van der Waals surface area contributed by atoms with Crippen LogP contribution in [0.1, 0.15) is 74.6 Å². The molecule has 53 heavy (non-hydrogen) atoms. The number of benzene rings is 2. The maximum absolute atomic E-state index is 15.9. The smallest absolute Gasteiger partial charge is 0.419 e. The molecule has 2 aromatic rings. The zero-order valence-corrected chi connectivity index (χ0v) is 30.3. The third kappa shape index (κ3) is 11.1. The largest absolute Gasteiger partial charge is 0.481 e. The van der Waals surface area contributed by atoms with Gasteiger partial charge in [0.15, 0.2) is 5.72 Å². The molecule has 0 bridgehead atoms. The van der Waals surface area contributed by atoms with E-state index < -0.39 is 76.8 Å². The topological polar surface area (TPSA) is 110 Å². The number of allylic oxidation sites excluding steroid dienone is 1. The summed E-state index contributed by atoms with van der Waals surface area (Å²) in [5.41, 5.74) is -7.13. The van der Waals surface area contributed by atoms with Crippen LogP contribution in [0.3, 0.4) is 0 Å². The molecule has 292 valence electrons. The molecule has 3 rings (SSSR count). The van der Waals surface area contributed by atoms with Gasteiger partial charge >= 0.3 is 18.3 Å². The van der Waals surface area contributed by atoms with Crippen LogP contribution in [-0.2, 0) is 26.3 Å². The number of amides is 2. The van der Waals surface area contributed by atoms with Gasteiger partial charge in [-0.1, -0.05) is 45.0 Å². The van der Waals surface area contributed by atoms with Crippen LogP contribution < -0.4 is 5.32 Å². The fourth-order valence-electron chi connectivity index (χ4n) is 6.52.